The van der Waals surface area contributed by atoms with E-state index < -0.39 is 21.6 Å². The van der Waals surface area contributed by atoms with Crippen molar-refractivity contribution in [3.8, 4) is 5.75 Å². The molecule has 0 aliphatic rings. The predicted octanol–water partition coefficient (Wildman–Crippen LogP) is 1.24. The molecule has 1 amide bonds. The molecule has 0 aliphatic heterocycles. The maximum Gasteiger partial charge on any atom is 0.367 e. The van der Waals surface area contributed by atoms with Crippen LogP contribution in [0.25, 0.3) is 0 Å². The van der Waals surface area contributed by atoms with Crippen LogP contribution >= 0.6 is 0 Å². The summed E-state index contributed by atoms with van der Waals surface area (Å²) >= 11 is 0. The number of amides is 1. The summed E-state index contributed by atoms with van der Waals surface area (Å²) in [5.41, 5.74) is -0.819. The topological polar surface area (TPSA) is 110 Å². The number of aromatic nitrogens is 1. The molecular weight excluding hydrogens is 290 g/mol. The van der Waals surface area contributed by atoms with Crippen LogP contribution in [0, 0.1) is 15.3 Å². The Bertz CT molecular complexity index is 690. The molecule has 2 aromatic rings. The van der Waals surface area contributed by atoms with Crippen LogP contribution in [0.2, 0.25) is 0 Å². The fraction of sp³-hybridized carbons (Fsp3) is 0.143. The minimum atomic E-state index is -0.978. The van der Waals surface area contributed by atoms with E-state index in [0.717, 1.165) is 6.07 Å². The Balaban J connectivity index is 2.38. The van der Waals surface area contributed by atoms with E-state index in [1.807, 2.05) is 0 Å². The average Bonchev–Trinajstić information content (AvgIpc) is 2.54. The summed E-state index contributed by atoms with van der Waals surface area (Å²) in [6, 6.07) is 8.28. The molecule has 1 atom stereocenters. The molecule has 1 N–H and O–H groups in total. The Morgan fingerprint density at radius 2 is 2.14 bits per heavy atom. The predicted molar refractivity (Wildman–Crippen MR) is 76.8 cm³/mol. The number of nitro groups is 1. The van der Waals surface area contributed by atoms with E-state index in [1.54, 1.807) is 19.1 Å². The lowest BCUT2D eigenvalue weighted by Gasteiger charge is -2.18. The van der Waals surface area contributed by atoms with Gasteiger partial charge in [-0.3, -0.25) is 15.2 Å². The van der Waals surface area contributed by atoms with Gasteiger partial charge >= 0.3 is 11.6 Å². The van der Waals surface area contributed by atoms with Gasteiger partial charge in [-0.25, -0.2) is 9.78 Å². The molecule has 22 heavy (non-hydrogen) atoms. The van der Waals surface area contributed by atoms with Crippen molar-refractivity contribution >= 4 is 17.3 Å². The van der Waals surface area contributed by atoms with E-state index in [1.165, 1.54) is 24.4 Å². The minimum absolute atomic E-state index is 0.0596. The first-order valence-electron chi connectivity index (χ1n) is 6.46. The number of hydrogen-bond acceptors (Lipinski definition) is 6. The van der Waals surface area contributed by atoms with Gasteiger partial charge in [-0.1, -0.05) is 6.07 Å². The van der Waals surface area contributed by atoms with Gasteiger partial charge in [0.2, 0.25) is 5.69 Å². The first-order chi connectivity index (χ1) is 10.5. The lowest BCUT2D eigenvalue weighted by Crippen LogP contribution is -3.05. The number of ether oxygens (including phenoxy) is 1. The summed E-state index contributed by atoms with van der Waals surface area (Å²) in [5, 5.41) is 22.3. The highest BCUT2D eigenvalue weighted by atomic mass is 16.6. The molecule has 0 aliphatic carbocycles. The Kier molecular flexibility index (Phi) is 4.77. The summed E-state index contributed by atoms with van der Waals surface area (Å²) in [7, 11) is 0. The van der Waals surface area contributed by atoms with Gasteiger partial charge in [0, 0.05) is 12.3 Å². The van der Waals surface area contributed by atoms with Crippen molar-refractivity contribution in [1.29, 1.82) is 0 Å². The second kappa shape index (κ2) is 6.74. The molecule has 0 saturated heterocycles. The number of nitrogens with zero attached hydrogens (tertiary/aromatic N) is 2. The maximum atomic E-state index is 12.2. The molecule has 2 rings (SSSR count). The molecule has 1 heterocycles. The second-order valence-electron chi connectivity index (χ2n) is 4.24. The van der Waals surface area contributed by atoms with Gasteiger partial charge in [-0.05, 0) is 25.1 Å². The van der Waals surface area contributed by atoms with Crippen LogP contribution in [0.3, 0.4) is 0 Å². The van der Waals surface area contributed by atoms with E-state index in [4.69, 9.17) is 4.74 Å². The van der Waals surface area contributed by atoms with Crippen molar-refractivity contribution in [2.45, 2.75) is 6.92 Å². The maximum absolute atomic E-state index is 12.2. The number of nitro benzene ring substituents is 1. The number of hydrogen-bond donors (Lipinski definition) is 1. The molecule has 1 aromatic heterocycles. The largest absolute Gasteiger partial charge is 0.621 e. The van der Waals surface area contributed by atoms with E-state index >= 15 is 0 Å². The highest BCUT2D eigenvalue weighted by Crippen LogP contribution is 2.26. The third-order valence-electron chi connectivity index (χ3n) is 2.83. The molecule has 0 spiro atoms. The van der Waals surface area contributed by atoms with Gasteiger partial charge in [0.05, 0.1) is 17.6 Å². The first kappa shape index (κ1) is 15.5. The standard InChI is InChI=1S/C14H13N3O5/c1-2-22-10-6-7-12(13(9-10)17(20)21)16(19)14(18)11-5-3-4-8-15-11/h3-9,16H,2H2,1H3. The van der Waals surface area contributed by atoms with Crippen molar-refractivity contribution in [2.24, 2.45) is 0 Å². The lowest BCUT2D eigenvalue weighted by molar-refractivity contribution is -0.682. The Hall–Kier alpha value is -2.84. The van der Waals surface area contributed by atoms with Gasteiger partial charge in [0.1, 0.15) is 5.75 Å². The van der Waals surface area contributed by atoms with E-state index in [9.17, 15) is 20.1 Å². The molecule has 1 unspecified atom stereocenters. The summed E-state index contributed by atoms with van der Waals surface area (Å²) in [5.74, 6) is -0.635. The first-order valence-corrected chi connectivity index (χ1v) is 6.46. The van der Waals surface area contributed by atoms with Gasteiger partial charge < -0.3 is 9.94 Å². The number of pyridine rings is 1. The molecule has 0 saturated carbocycles. The van der Waals surface area contributed by atoms with Crippen LogP contribution in [0.4, 0.5) is 11.4 Å². The zero-order valence-electron chi connectivity index (χ0n) is 11.7. The van der Waals surface area contributed by atoms with Crippen LogP contribution < -0.4 is 9.80 Å². The number of nitrogens with one attached hydrogen (secondary N) is 1. The number of hydroxylamine groups is 1. The van der Waals surface area contributed by atoms with Crippen LogP contribution in [0.15, 0.2) is 42.6 Å². The molecule has 1 aromatic carbocycles. The fourth-order valence-corrected chi connectivity index (χ4v) is 1.85. The smallest absolute Gasteiger partial charge is 0.367 e. The van der Waals surface area contributed by atoms with Crippen molar-refractivity contribution in [1.82, 2.24) is 4.98 Å². The van der Waals surface area contributed by atoms with Crippen LogP contribution in [-0.2, 0) is 0 Å². The average molecular weight is 303 g/mol. The highest BCUT2D eigenvalue weighted by molar-refractivity contribution is 5.87. The van der Waals surface area contributed by atoms with Crippen molar-refractivity contribution in [3.63, 3.8) is 0 Å². The number of benzene rings is 1. The van der Waals surface area contributed by atoms with Crippen molar-refractivity contribution in [3.05, 3.63) is 63.6 Å². The fourth-order valence-electron chi connectivity index (χ4n) is 1.85. The zero-order chi connectivity index (χ0) is 16.1. The monoisotopic (exact) mass is 303 g/mol. The van der Waals surface area contributed by atoms with Crippen LogP contribution in [0.5, 0.6) is 5.75 Å². The van der Waals surface area contributed by atoms with Gasteiger partial charge in [-0.15, -0.1) is 0 Å². The van der Waals surface area contributed by atoms with Crippen molar-refractivity contribution < 1.29 is 19.5 Å². The Labute approximate surface area is 125 Å². The number of rotatable bonds is 5. The molecule has 8 heteroatoms. The SMILES string of the molecule is CCOc1ccc([NH+]([O-])C(=O)c2ccccn2)c([N+](=O)[O-])c1. The third-order valence-corrected chi connectivity index (χ3v) is 2.83. The third kappa shape index (κ3) is 3.25. The number of carbonyl (C=O) groups excluding carboxylic acids is 1. The Morgan fingerprint density at radius 3 is 2.73 bits per heavy atom. The zero-order valence-corrected chi connectivity index (χ0v) is 11.7. The minimum Gasteiger partial charge on any atom is -0.621 e. The molecule has 0 radical (unpaired) electrons. The van der Waals surface area contributed by atoms with E-state index in [2.05, 4.69) is 4.98 Å². The number of quaternary nitrogens is 1. The van der Waals surface area contributed by atoms with Gasteiger partial charge in [-0.2, -0.15) is 0 Å². The highest BCUT2D eigenvalue weighted by Gasteiger charge is 2.27. The van der Waals surface area contributed by atoms with Crippen LogP contribution in [0.1, 0.15) is 17.4 Å². The molecule has 0 bridgehead atoms. The van der Waals surface area contributed by atoms with E-state index in [0.29, 0.717) is 6.61 Å². The normalized spacial score (nSPS) is 11.7. The summed E-state index contributed by atoms with van der Waals surface area (Å²) < 4.78 is 5.16. The molecular formula is C14H13N3O5. The van der Waals surface area contributed by atoms with Gasteiger partial charge in [0.25, 0.3) is 0 Å². The number of carbonyl (C=O) groups is 1. The van der Waals surface area contributed by atoms with Crippen molar-refractivity contribution in [2.75, 3.05) is 6.61 Å². The lowest BCUT2D eigenvalue weighted by atomic mass is 10.2. The summed E-state index contributed by atoms with van der Waals surface area (Å²) in [4.78, 5) is 26.2. The molecule has 0 fully saturated rings. The summed E-state index contributed by atoms with van der Waals surface area (Å²) in [6.07, 6.45) is 1.37. The quantitative estimate of drug-likeness (QED) is 0.657. The van der Waals surface area contributed by atoms with Crippen LogP contribution in [-0.4, -0.2) is 22.4 Å². The Morgan fingerprint density at radius 1 is 1.36 bits per heavy atom. The van der Waals surface area contributed by atoms with Gasteiger partial charge in [0.15, 0.2) is 5.69 Å². The summed E-state index contributed by atoms with van der Waals surface area (Å²) in [6.45, 7) is 2.06. The van der Waals surface area contributed by atoms with E-state index in [-0.39, 0.29) is 17.1 Å². The second-order valence-corrected chi connectivity index (χ2v) is 4.24. The molecule has 114 valence electrons. The molecule has 8 nitrogen and oxygen atoms in total.